The summed E-state index contributed by atoms with van der Waals surface area (Å²) in [6.07, 6.45) is 4.26. The third kappa shape index (κ3) is 6.10. The van der Waals surface area contributed by atoms with Crippen LogP contribution in [0.2, 0.25) is 5.02 Å². The number of amides is 1. The van der Waals surface area contributed by atoms with E-state index in [0.29, 0.717) is 23.1 Å². The van der Waals surface area contributed by atoms with E-state index in [4.69, 9.17) is 11.6 Å². The maximum Gasteiger partial charge on any atom is 0.248 e. The zero-order chi connectivity index (χ0) is 16.7. The minimum Gasteiger partial charge on any atom is -0.392 e. The van der Waals surface area contributed by atoms with Gasteiger partial charge in [0.2, 0.25) is 5.91 Å². The standard InChI is InChI=1S/C17H18ClN3O2/c1-12(22)10-19-16-8-7-15(11-20-16)21-17(23)9-4-13-2-5-14(18)6-3-13/h2-9,11-12,22H,10H2,1H3,(H,19,20)(H,21,23)/b9-4+. The predicted molar refractivity (Wildman–Crippen MR) is 93.5 cm³/mol. The van der Waals surface area contributed by atoms with Gasteiger partial charge in [-0.3, -0.25) is 4.79 Å². The highest BCUT2D eigenvalue weighted by Gasteiger charge is 2.01. The third-order valence-corrected chi connectivity index (χ3v) is 3.16. The van der Waals surface area contributed by atoms with Gasteiger partial charge in [0, 0.05) is 17.6 Å². The Kier molecular flexibility index (Phi) is 6.14. The van der Waals surface area contributed by atoms with Crippen LogP contribution in [-0.4, -0.2) is 28.6 Å². The lowest BCUT2D eigenvalue weighted by Crippen LogP contribution is -2.16. The molecule has 0 aliphatic carbocycles. The number of benzene rings is 1. The van der Waals surface area contributed by atoms with Gasteiger partial charge in [-0.25, -0.2) is 4.98 Å². The molecule has 0 fully saturated rings. The van der Waals surface area contributed by atoms with Gasteiger partial charge in [-0.2, -0.15) is 0 Å². The van der Waals surface area contributed by atoms with E-state index >= 15 is 0 Å². The molecule has 1 aromatic heterocycles. The van der Waals surface area contributed by atoms with Crippen molar-refractivity contribution < 1.29 is 9.90 Å². The van der Waals surface area contributed by atoms with E-state index in [2.05, 4.69) is 15.6 Å². The second-order valence-corrected chi connectivity index (χ2v) is 5.47. The number of hydrogen-bond acceptors (Lipinski definition) is 4. The molecular weight excluding hydrogens is 314 g/mol. The number of aliphatic hydroxyl groups is 1. The topological polar surface area (TPSA) is 74.2 Å². The third-order valence-electron chi connectivity index (χ3n) is 2.91. The average Bonchev–Trinajstić information content (AvgIpc) is 2.53. The maximum absolute atomic E-state index is 11.9. The minimum absolute atomic E-state index is 0.244. The minimum atomic E-state index is -0.450. The molecule has 2 rings (SSSR count). The van der Waals surface area contributed by atoms with Crippen molar-refractivity contribution in [2.45, 2.75) is 13.0 Å². The number of aliphatic hydroxyl groups excluding tert-OH is 1. The first-order valence-electron chi connectivity index (χ1n) is 7.15. The molecule has 2 aromatic rings. The molecule has 23 heavy (non-hydrogen) atoms. The van der Waals surface area contributed by atoms with E-state index in [1.807, 2.05) is 12.1 Å². The summed E-state index contributed by atoms with van der Waals surface area (Å²) in [5.74, 6) is 0.395. The highest BCUT2D eigenvalue weighted by Crippen LogP contribution is 2.12. The Labute approximate surface area is 140 Å². The first-order chi connectivity index (χ1) is 11.0. The Hall–Kier alpha value is -2.37. The molecule has 0 saturated carbocycles. The maximum atomic E-state index is 11.9. The molecule has 5 nitrogen and oxygen atoms in total. The summed E-state index contributed by atoms with van der Waals surface area (Å²) in [7, 11) is 0. The number of aromatic nitrogens is 1. The second-order valence-electron chi connectivity index (χ2n) is 5.04. The van der Waals surface area contributed by atoms with Crippen LogP contribution >= 0.6 is 11.6 Å². The fraction of sp³-hybridized carbons (Fsp3) is 0.176. The molecule has 1 heterocycles. The van der Waals surface area contributed by atoms with E-state index in [1.165, 1.54) is 6.08 Å². The normalized spacial score (nSPS) is 12.1. The summed E-state index contributed by atoms with van der Waals surface area (Å²) in [5, 5.41) is 15.5. The zero-order valence-electron chi connectivity index (χ0n) is 12.7. The number of hydrogen-bond donors (Lipinski definition) is 3. The highest BCUT2D eigenvalue weighted by atomic mass is 35.5. The molecule has 1 atom stereocenters. The quantitative estimate of drug-likeness (QED) is 0.711. The smallest absolute Gasteiger partial charge is 0.248 e. The number of halogens is 1. The molecule has 0 saturated heterocycles. The Morgan fingerprint density at radius 1 is 1.30 bits per heavy atom. The molecule has 0 aliphatic heterocycles. The molecule has 1 amide bonds. The number of pyridine rings is 1. The predicted octanol–water partition coefficient (Wildman–Crippen LogP) is 3.18. The van der Waals surface area contributed by atoms with Crippen LogP contribution in [0.3, 0.4) is 0 Å². The summed E-state index contributed by atoms with van der Waals surface area (Å²) < 4.78 is 0. The van der Waals surface area contributed by atoms with Crippen LogP contribution in [0.25, 0.3) is 6.08 Å². The van der Waals surface area contributed by atoms with Gasteiger partial charge < -0.3 is 15.7 Å². The van der Waals surface area contributed by atoms with Crippen LogP contribution in [0.4, 0.5) is 11.5 Å². The number of anilines is 2. The molecule has 0 spiro atoms. The van der Waals surface area contributed by atoms with Gasteiger partial charge in [0.15, 0.2) is 0 Å². The molecule has 1 unspecified atom stereocenters. The number of carbonyl (C=O) groups is 1. The summed E-state index contributed by atoms with van der Waals surface area (Å²) >= 11 is 5.80. The first-order valence-corrected chi connectivity index (χ1v) is 7.53. The molecule has 0 bridgehead atoms. The lowest BCUT2D eigenvalue weighted by molar-refractivity contribution is -0.111. The van der Waals surface area contributed by atoms with Crippen molar-refractivity contribution in [3.63, 3.8) is 0 Å². The van der Waals surface area contributed by atoms with E-state index in [9.17, 15) is 9.90 Å². The largest absolute Gasteiger partial charge is 0.392 e. The van der Waals surface area contributed by atoms with Gasteiger partial charge in [0.05, 0.1) is 18.0 Å². The molecule has 3 N–H and O–H groups in total. The number of nitrogens with one attached hydrogen (secondary N) is 2. The van der Waals surface area contributed by atoms with Crippen molar-refractivity contribution in [2.24, 2.45) is 0 Å². The van der Waals surface area contributed by atoms with Crippen LogP contribution in [0.1, 0.15) is 12.5 Å². The Bertz CT molecular complexity index is 667. The summed E-state index contributed by atoms with van der Waals surface area (Å²) in [6, 6.07) is 10.7. The van der Waals surface area contributed by atoms with Gasteiger partial charge in [-0.15, -0.1) is 0 Å². The fourth-order valence-corrected chi connectivity index (χ4v) is 1.88. The fourth-order valence-electron chi connectivity index (χ4n) is 1.75. The summed E-state index contributed by atoms with van der Waals surface area (Å²) in [4.78, 5) is 16.0. The van der Waals surface area contributed by atoms with E-state index in [1.54, 1.807) is 43.5 Å². The van der Waals surface area contributed by atoms with Crippen LogP contribution in [-0.2, 0) is 4.79 Å². The van der Waals surface area contributed by atoms with Crippen LogP contribution in [0, 0.1) is 0 Å². The van der Waals surface area contributed by atoms with Crippen LogP contribution in [0.15, 0.2) is 48.7 Å². The van der Waals surface area contributed by atoms with Gasteiger partial charge >= 0.3 is 0 Å². The van der Waals surface area contributed by atoms with Crippen molar-refractivity contribution in [3.8, 4) is 0 Å². The van der Waals surface area contributed by atoms with E-state index < -0.39 is 6.10 Å². The van der Waals surface area contributed by atoms with Gasteiger partial charge in [0.25, 0.3) is 0 Å². The monoisotopic (exact) mass is 331 g/mol. The molecule has 1 aromatic carbocycles. The number of rotatable bonds is 6. The molecule has 120 valence electrons. The Morgan fingerprint density at radius 2 is 2.04 bits per heavy atom. The molecule has 0 aliphatic rings. The Balaban J connectivity index is 1.88. The summed E-state index contributed by atoms with van der Waals surface area (Å²) in [6.45, 7) is 2.11. The van der Waals surface area contributed by atoms with Crippen molar-refractivity contribution >= 4 is 35.1 Å². The number of carbonyl (C=O) groups excluding carboxylic acids is 1. The van der Waals surface area contributed by atoms with Gasteiger partial charge in [-0.1, -0.05) is 23.7 Å². The second kappa shape index (κ2) is 8.31. The lowest BCUT2D eigenvalue weighted by atomic mass is 10.2. The lowest BCUT2D eigenvalue weighted by Gasteiger charge is -2.08. The molecular formula is C17H18ClN3O2. The van der Waals surface area contributed by atoms with Gasteiger partial charge in [-0.05, 0) is 42.8 Å². The first kappa shape index (κ1) is 17.0. The Morgan fingerprint density at radius 3 is 2.65 bits per heavy atom. The number of nitrogens with zero attached hydrogens (tertiary/aromatic N) is 1. The van der Waals surface area contributed by atoms with Crippen molar-refractivity contribution in [3.05, 3.63) is 59.3 Å². The van der Waals surface area contributed by atoms with Crippen molar-refractivity contribution in [1.29, 1.82) is 0 Å². The van der Waals surface area contributed by atoms with E-state index in [-0.39, 0.29) is 5.91 Å². The molecule has 6 heteroatoms. The van der Waals surface area contributed by atoms with Crippen molar-refractivity contribution in [2.75, 3.05) is 17.2 Å². The molecule has 0 radical (unpaired) electrons. The SMILES string of the molecule is CC(O)CNc1ccc(NC(=O)/C=C/c2ccc(Cl)cc2)cn1. The van der Waals surface area contributed by atoms with Crippen molar-refractivity contribution in [1.82, 2.24) is 4.98 Å². The van der Waals surface area contributed by atoms with Crippen LogP contribution in [0.5, 0.6) is 0 Å². The zero-order valence-corrected chi connectivity index (χ0v) is 13.4. The van der Waals surface area contributed by atoms with Gasteiger partial charge in [0.1, 0.15) is 5.82 Å². The highest BCUT2D eigenvalue weighted by molar-refractivity contribution is 6.30. The van der Waals surface area contributed by atoms with Crippen LogP contribution < -0.4 is 10.6 Å². The average molecular weight is 332 g/mol. The summed E-state index contributed by atoms with van der Waals surface area (Å²) in [5.41, 5.74) is 1.48. The van der Waals surface area contributed by atoms with E-state index in [0.717, 1.165) is 5.56 Å².